The molecule has 0 fully saturated rings. The maximum Gasteiger partial charge on any atom is 0.223 e. The van der Waals surface area contributed by atoms with Gasteiger partial charge in [-0.1, -0.05) is 18.2 Å². The molecule has 0 spiro atoms. The van der Waals surface area contributed by atoms with E-state index < -0.39 is 0 Å². The second-order valence-electron chi connectivity index (χ2n) is 5.96. The average Bonchev–Trinajstić information content (AvgIpc) is 2.84. The maximum atomic E-state index is 12.4. The summed E-state index contributed by atoms with van der Waals surface area (Å²) in [6.45, 7) is 2.07. The third-order valence-corrected chi connectivity index (χ3v) is 4.18. The van der Waals surface area contributed by atoms with Crippen LogP contribution in [0.3, 0.4) is 0 Å². The minimum Gasteiger partial charge on any atom is -0.493 e. The van der Waals surface area contributed by atoms with Crippen molar-refractivity contribution in [2.45, 2.75) is 19.3 Å². The molecule has 126 valence electrons. The van der Waals surface area contributed by atoms with Crippen LogP contribution in [0.5, 0.6) is 5.75 Å². The zero-order chi connectivity index (χ0) is 16.6. The van der Waals surface area contributed by atoms with Gasteiger partial charge in [0.25, 0.3) is 0 Å². The minimum atomic E-state index is -0.0140. The van der Waals surface area contributed by atoms with Gasteiger partial charge in [-0.2, -0.15) is 0 Å². The number of hydrogen-bond donors (Lipinski definition) is 2. The molecule has 5 nitrogen and oxygen atoms in total. The SMILES string of the molecule is O=C(NCCCNc1cccnc1)[C@@H]1CCOc2ccccc2C1. The summed E-state index contributed by atoms with van der Waals surface area (Å²) in [5, 5.41) is 6.33. The standard InChI is InChI=1S/C19H23N3O2/c23-19(22-11-4-10-21-17-6-3-9-20-14-17)16-8-12-24-18-7-2-1-5-15(18)13-16/h1-3,5-7,9,14,16,21H,4,8,10-13H2,(H,22,23)/t16-/m1/s1. The molecule has 0 saturated heterocycles. The number of para-hydroxylation sites is 1. The molecule has 0 aliphatic carbocycles. The second kappa shape index (κ2) is 8.34. The number of hydrogen-bond acceptors (Lipinski definition) is 4. The minimum absolute atomic E-state index is 0.0140. The van der Waals surface area contributed by atoms with E-state index in [1.807, 2.05) is 36.4 Å². The number of amides is 1. The Bertz CT molecular complexity index is 661. The Hall–Kier alpha value is -2.56. The van der Waals surface area contributed by atoms with Crippen LogP contribution in [0.4, 0.5) is 5.69 Å². The van der Waals surface area contributed by atoms with Crippen LogP contribution in [0.1, 0.15) is 18.4 Å². The number of carbonyl (C=O) groups is 1. The summed E-state index contributed by atoms with van der Waals surface area (Å²) in [7, 11) is 0. The van der Waals surface area contributed by atoms with Gasteiger partial charge >= 0.3 is 0 Å². The van der Waals surface area contributed by atoms with Gasteiger partial charge in [-0.3, -0.25) is 9.78 Å². The van der Waals surface area contributed by atoms with Crippen molar-refractivity contribution in [3.8, 4) is 5.75 Å². The Labute approximate surface area is 142 Å². The lowest BCUT2D eigenvalue weighted by atomic mass is 9.96. The number of nitrogens with one attached hydrogen (secondary N) is 2. The molecule has 3 rings (SSSR count). The van der Waals surface area contributed by atoms with Crippen LogP contribution in [0, 0.1) is 5.92 Å². The van der Waals surface area contributed by atoms with Gasteiger partial charge in [-0.05, 0) is 43.0 Å². The van der Waals surface area contributed by atoms with Crippen LogP contribution in [0.25, 0.3) is 0 Å². The van der Waals surface area contributed by atoms with Gasteiger partial charge < -0.3 is 15.4 Å². The molecule has 5 heteroatoms. The van der Waals surface area contributed by atoms with Crippen LogP contribution in [-0.4, -0.2) is 30.6 Å². The Balaban J connectivity index is 1.40. The van der Waals surface area contributed by atoms with Crippen LogP contribution in [-0.2, 0) is 11.2 Å². The van der Waals surface area contributed by atoms with E-state index in [0.29, 0.717) is 13.2 Å². The number of ether oxygens (including phenoxy) is 1. The van der Waals surface area contributed by atoms with Crippen molar-refractivity contribution in [3.05, 3.63) is 54.4 Å². The van der Waals surface area contributed by atoms with Crippen molar-refractivity contribution in [1.29, 1.82) is 0 Å². The van der Waals surface area contributed by atoms with Crippen LogP contribution in [0.15, 0.2) is 48.8 Å². The van der Waals surface area contributed by atoms with E-state index in [4.69, 9.17) is 4.74 Å². The number of pyridine rings is 1. The second-order valence-corrected chi connectivity index (χ2v) is 5.96. The van der Waals surface area contributed by atoms with Gasteiger partial charge in [0.2, 0.25) is 5.91 Å². The topological polar surface area (TPSA) is 63.2 Å². The summed E-state index contributed by atoms with van der Waals surface area (Å²) in [6.07, 6.45) is 5.92. The van der Waals surface area contributed by atoms with Gasteiger partial charge in [-0.25, -0.2) is 0 Å². The van der Waals surface area contributed by atoms with E-state index in [2.05, 4.69) is 15.6 Å². The summed E-state index contributed by atoms with van der Waals surface area (Å²) < 4.78 is 5.72. The fourth-order valence-electron chi connectivity index (χ4n) is 2.86. The zero-order valence-corrected chi connectivity index (χ0v) is 13.7. The number of carbonyl (C=O) groups excluding carboxylic acids is 1. The van der Waals surface area contributed by atoms with Gasteiger partial charge in [-0.15, -0.1) is 0 Å². The number of rotatable bonds is 6. The normalized spacial score (nSPS) is 16.4. The van der Waals surface area contributed by atoms with Crippen LogP contribution in [0.2, 0.25) is 0 Å². The number of aromatic nitrogens is 1. The molecular weight excluding hydrogens is 302 g/mol. The lowest BCUT2D eigenvalue weighted by Crippen LogP contribution is -2.33. The monoisotopic (exact) mass is 325 g/mol. The van der Waals surface area contributed by atoms with Crippen molar-refractivity contribution < 1.29 is 9.53 Å². The Morgan fingerprint density at radius 3 is 3.00 bits per heavy atom. The van der Waals surface area contributed by atoms with E-state index in [0.717, 1.165) is 42.8 Å². The Kier molecular flexibility index (Phi) is 5.66. The highest BCUT2D eigenvalue weighted by Gasteiger charge is 2.23. The molecule has 1 atom stereocenters. The third-order valence-electron chi connectivity index (χ3n) is 4.18. The molecular formula is C19H23N3O2. The van der Waals surface area contributed by atoms with Crippen LogP contribution < -0.4 is 15.4 Å². The van der Waals surface area contributed by atoms with Crippen molar-refractivity contribution in [2.24, 2.45) is 5.92 Å². The van der Waals surface area contributed by atoms with Crippen molar-refractivity contribution in [2.75, 3.05) is 25.0 Å². The molecule has 2 N–H and O–H groups in total. The summed E-state index contributed by atoms with van der Waals surface area (Å²) in [5.41, 5.74) is 2.12. The average molecular weight is 325 g/mol. The van der Waals surface area contributed by atoms with Gasteiger partial charge in [0.1, 0.15) is 5.75 Å². The van der Waals surface area contributed by atoms with E-state index in [1.54, 1.807) is 12.4 Å². The van der Waals surface area contributed by atoms with E-state index in [1.165, 1.54) is 0 Å². The van der Waals surface area contributed by atoms with Crippen LogP contribution >= 0.6 is 0 Å². The molecule has 1 aromatic heterocycles. The first kappa shape index (κ1) is 16.3. The number of anilines is 1. The molecule has 0 radical (unpaired) electrons. The molecule has 0 unspecified atom stereocenters. The first-order chi connectivity index (χ1) is 11.8. The smallest absolute Gasteiger partial charge is 0.223 e. The van der Waals surface area contributed by atoms with E-state index in [-0.39, 0.29) is 11.8 Å². The molecule has 2 heterocycles. The molecule has 1 amide bonds. The van der Waals surface area contributed by atoms with Crippen molar-refractivity contribution in [1.82, 2.24) is 10.3 Å². The van der Waals surface area contributed by atoms with Gasteiger partial charge in [0, 0.05) is 31.4 Å². The molecule has 0 saturated carbocycles. The molecule has 1 aliphatic rings. The molecule has 24 heavy (non-hydrogen) atoms. The highest BCUT2D eigenvalue weighted by Crippen LogP contribution is 2.26. The number of fused-ring (bicyclic) bond motifs is 1. The molecule has 0 bridgehead atoms. The Morgan fingerprint density at radius 1 is 1.21 bits per heavy atom. The fourth-order valence-corrected chi connectivity index (χ4v) is 2.86. The fraction of sp³-hybridized carbons (Fsp3) is 0.368. The summed E-state index contributed by atoms with van der Waals surface area (Å²) >= 11 is 0. The van der Waals surface area contributed by atoms with Gasteiger partial charge in [0.05, 0.1) is 12.3 Å². The Morgan fingerprint density at radius 2 is 2.12 bits per heavy atom. The van der Waals surface area contributed by atoms with Crippen molar-refractivity contribution in [3.63, 3.8) is 0 Å². The summed E-state index contributed by atoms with van der Waals surface area (Å²) in [5.74, 6) is 1.02. The van der Waals surface area contributed by atoms with Crippen molar-refractivity contribution >= 4 is 11.6 Å². The zero-order valence-electron chi connectivity index (χ0n) is 13.7. The lowest BCUT2D eigenvalue weighted by molar-refractivity contribution is -0.125. The largest absolute Gasteiger partial charge is 0.493 e. The maximum absolute atomic E-state index is 12.4. The molecule has 1 aliphatic heterocycles. The lowest BCUT2D eigenvalue weighted by Gasteiger charge is -2.14. The molecule has 2 aromatic rings. The summed E-state index contributed by atoms with van der Waals surface area (Å²) in [6, 6.07) is 11.9. The predicted molar refractivity (Wildman–Crippen MR) is 94.1 cm³/mol. The highest BCUT2D eigenvalue weighted by molar-refractivity contribution is 5.79. The highest BCUT2D eigenvalue weighted by atomic mass is 16.5. The summed E-state index contributed by atoms with van der Waals surface area (Å²) in [4.78, 5) is 16.5. The number of nitrogens with zero attached hydrogens (tertiary/aromatic N) is 1. The van der Waals surface area contributed by atoms with E-state index in [9.17, 15) is 4.79 Å². The first-order valence-electron chi connectivity index (χ1n) is 8.45. The number of benzene rings is 1. The molecule has 1 aromatic carbocycles. The van der Waals surface area contributed by atoms with E-state index >= 15 is 0 Å². The quantitative estimate of drug-likeness (QED) is 0.802. The first-order valence-corrected chi connectivity index (χ1v) is 8.45. The van der Waals surface area contributed by atoms with Gasteiger partial charge in [0.15, 0.2) is 0 Å². The third kappa shape index (κ3) is 4.47. The predicted octanol–water partition coefficient (Wildman–Crippen LogP) is 2.64.